The summed E-state index contributed by atoms with van der Waals surface area (Å²) in [6.07, 6.45) is 0.635. The topological polar surface area (TPSA) is 38.8 Å². The van der Waals surface area contributed by atoms with Crippen LogP contribution in [0.5, 0.6) is 5.75 Å². The summed E-state index contributed by atoms with van der Waals surface area (Å²) in [5.74, 6) is 0.706. The van der Waals surface area contributed by atoms with Crippen LogP contribution in [0.25, 0.3) is 0 Å². The number of hydrogen-bond acceptors (Lipinski definition) is 3. The number of hydrogen-bond donors (Lipinski definition) is 0. The first-order valence-electron chi connectivity index (χ1n) is 8.24. The van der Waals surface area contributed by atoms with Crippen LogP contribution >= 0.6 is 23.2 Å². The zero-order valence-corrected chi connectivity index (χ0v) is 15.0. The number of ether oxygens (including phenoxy) is 2. The van der Waals surface area contributed by atoms with Gasteiger partial charge in [0.25, 0.3) is 5.91 Å². The Kier molecular flexibility index (Phi) is 4.59. The van der Waals surface area contributed by atoms with Crippen molar-refractivity contribution in [1.82, 2.24) is 4.90 Å². The molecule has 6 heteroatoms. The number of rotatable bonds is 2. The molecular weight excluding hydrogens is 361 g/mol. The largest absolute Gasteiger partial charge is 0.492 e. The van der Waals surface area contributed by atoms with Crippen molar-refractivity contribution < 1.29 is 14.3 Å². The van der Waals surface area contributed by atoms with E-state index < -0.39 is 0 Å². The van der Waals surface area contributed by atoms with Crippen molar-refractivity contribution in [2.45, 2.75) is 12.5 Å². The number of para-hydroxylation sites is 1. The number of amides is 1. The SMILES string of the molecule is O=C(c1cccc2c1OCC2)N1CCOC(c2ccc(Cl)c(Cl)c2)C1. The first kappa shape index (κ1) is 16.7. The fourth-order valence-corrected chi connectivity index (χ4v) is 3.61. The summed E-state index contributed by atoms with van der Waals surface area (Å²) in [5, 5.41) is 0.992. The third-order valence-corrected chi connectivity index (χ3v) is 5.35. The summed E-state index contributed by atoms with van der Waals surface area (Å²) < 4.78 is 11.5. The highest BCUT2D eigenvalue weighted by molar-refractivity contribution is 6.42. The average Bonchev–Trinajstić information content (AvgIpc) is 3.12. The van der Waals surface area contributed by atoms with Crippen LogP contribution in [-0.2, 0) is 11.2 Å². The molecule has 1 atom stereocenters. The molecule has 1 saturated heterocycles. The molecule has 0 saturated carbocycles. The molecule has 1 unspecified atom stereocenters. The molecule has 2 aliphatic heterocycles. The van der Waals surface area contributed by atoms with Gasteiger partial charge < -0.3 is 14.4 Å². The fraction of sp³-hybridized carbons (Fsp3) is 0.316. The minimum Gasteiger partial charge on any atom is -0.492 e. The molecule has 130 valence electrons. The third-order valence-electron chi connectivity index (χ3n) is 4.61. The minimum absolute atomic E-state index is 0.0212. The van der Waals surface area contributed by atoms with Gasteiger partial charge in [-0.25, -0.2) is 0 Å². The molecule has 1 fully saturated rings. The van der Waals surface area contributed by atoms with Gasteiger partial charge in [0, 0.05) is 13.0 Å². The number of carbonyl (C=O) groups excluding carboxylic acids is 1. The first-order chi connectivity index (χ1) is 12.1. The van der Waals surface area contributed by atoms with Crippen molar-refractivity contribution in [2.24, 2.45) is 0 Å². The van der Waals surface area contributed by atoms with E-state index in [1.807, 2.05) is 29.2 Å². The van der Waals surface area contributed by atoms with Gasteiger partial charge in [-0.2, -0.15) is 0 Å². The Morgan fingerprint density at radius 1 is 1.12 bits per heavy atom. The van der Waals surface area contributed by atoms with Crippen molar-refractivity contribution in [2.75, 3.05) is 26.3 Å². The molecule has 0 N–H and O–H groups in total. The van der Waals surface area contributed by atoms with Crippen LogP contribution in [0.1, 0.15) is 27.6 Å². The van der Waals surface area contributed by atoms with E-state index in [0.717, 1.165) is 23.3 Å². The summed E-state index contributed by atoms with van der Waals surface area (Å²) in [4.78, 5) is 14.8. The van der Waals surface area contributed by atoms with Crippen LogP contribution in [0.4, 0.5) is 0 Å². The summed E-state index contributed by atoms with van der Waals surface area (Å²) in [7, 11) is 0. The van der Waals surface area contributed by atoms with Gasteiger partial charge in [-0.15, -0.1) is 0 Å². The Bertz CT molecular complexity index is 824. The van der Waals surface area contributed by atoms with Gasteiger partial charge in [0.15, 0.2) is 0 Å². The van der Waals surface area contributed by atoms with Crippen LogP contribution in [0.15, 0.2) is 36.4 Å². The Balaban J connectivity index is 1.56. The van der Waals surface area contributed by atoms with Crippen molar-refractivity contribution in [1.29, 1.82) is 0 Å². The van der Waals surface area contributed by atoms with Crippen LogP contribution in [0.2, 0.25) is 10.0 Å². The van der Waals surface area contributed by atoms with E-state index in [0.29, 0.717) is 41.9 Å². The van der Waals surface area contributed by atoms with Crippen molar-refractivity contribution in [3.8, 4) is 5.75 Å². The fourth-order valence-electron chi connectivity index (χ4n) is 3.30. The van der Waals surface area contributed by atoms with E-state index in [-0.39, 0.29) is 12.0 Å². The second-order valence-corrected chi connectivity index (χ2v) is 6.99. The number of carbonyl (C=O) groups is 1. The summed E-state index contributed by atoms with van der Waals surface area (Å²) in [6.45, 7) is 2.14. The maximum absolute atomic E-state index is 13.0. The zero-order chi connectivity index (χ0) is 17.4. The first-order valence-corrected chi connectivity index (χ1v) is 8.99. The summed E-state index contributed by atoms with van der Waals surface area (Å²) in [5.41, 5.74) is 2.64. The van der Waals surface area contributed by atoms with E-state index in [1.54, 1.807) is 12.1 Å². The lowest BCUT2D eigenvalue weighted by molar-refractivity contribution is -0.0229. The molecule has 2 heterocycles. The van der Waals surface area contributed by atoms with Crippen LogP contribution in [0, 0.1) is 0 Å². The number of fused-ring (bicyclic) bond motifs is 1. The molecule has 4 nitrogen and oxygen atoms in total. The van der Waals surface area contributed by atoms with Crippen molar-refractivity contribution in [3.05, 3.63) is 63.1 Å². The predicted molar refractivity (Wildman–Crippen MR) is 96.7 cm³/mol. The van der Waals surface area contributed by atoms with Gasteiger partial charge in [-0.1, -0.05) is 41.4 Å². The molecule has 25 heavy (non-hydrogen) atoms. The van der Waals surface area contributed by atoms with E-state index in [1.165, 1.54) is 0 Å². The van der Waals surface area contributed by atoms with Gasteiger partial charge in [0.05, 0.1) is 35.4 Å². The van der Waals surface area contributed by atoms with Gasteiger partial charge in [0.2, 0.25) is 0 Å². The number of nitrogens with zero attached hydrogens (tertiary/aromatic N) is 1. The Hall–Kier alpha value is -1.75. The van der Waals surface area contributed by atoms with Gasteiger partial charge in [-0.05, 0) is 29.3 Å². The smallest absolute Gasteiger partial charge is 0.257 e. The van der Waals surface area contributed by atoms with Gasteiger partial charge in [0.1, 0.15) is 11.9 Å². The molecule has 2 aromatic carbocycles. The van der Waals surface area contributed by atoms with E-state index in [4.69, 9.17) is 32.7 Å². The third kappa shape index (κ3) is 3.22. The van der Waals surface area contributed by atoms with E-state index >= 15 is 0 Å². The van der Waals surface area contributed by atoms with Crippen molar-refractivity contribution >= 4 is 29.1 Å². The zero-order valence-electron chi connectivity index (χ0n) is 13.5. The molecule has 0 aliphatic carbocycles. The Labute approximate surface area is 156 Å². The number of benzene rings is 2. The number of morpholine rings is 1. The maximum Gasteiger partial charge on any atom is 0.257 e. The normalized spacial score (nSPS) is 19.4. The molecular formula is C19H17Cl2NO3. The molecule has 4 rings (SSSR count). The monoisotopic (exact) mass is 377 g/mol. The van der Waals surface area contributed by atoms with E-state index in [2.05, 4.69) is 0 Å². The molecule has 2 aliphatic rings. The molecule has 0 bridgehead atoms. The molecule has 0 radical (unpaired) electrons. The summed E-state index contributed by atoms with van der Waals surface area (Å²) >= 11 is 12.1. The highest BCUT2D eigenvalue weighted by Crippen LogP contribution is 2.33. The second kappa shape index (κ2) is 6.87. The molecule has 2 aromatic rings. The lowest BCUT2D eigenvalue weighted by atomic mass is 10.0. The van der Waals surface area contributed by atoms with Gasteiger partial charge >= 0.3 is 0 Å². The van der Waals surface area contributed by atoms with Crippen molar-refractivity contribution in [3.63, 3.8) is 0 Å². The minimum atomic E-state index is -0.217. The van der Waals surface area contributed by atoms with Crippen LogP contribution < -0.4 is 4.74 Å². The number of halogens is 2. The second-order valence-electron chi connectivity index (χ2n) is 6.18. The lowest BCUT2D eigenvalue weighted by Gasteiger charge is -2.33. The average molecular weight is 378 g/mol. The highest BCUT2D eigenvalue weighted by atomic mass is 35.5. The predicted octanol–water partition coefficient (Wildman–Crippen LogP) is 4.14. The van der Waals surface area contributed by atoms with E-state index in [9.17, 15) is 4.79 Å². The molecule has 0 aromatic heterocycles. The maximum atomic E-state index is 13.0. The molecule has 0 spiro atoms. The lowest BCUT2D eigenvalue weighted by Crippen LogP contribution is -2.42. The van der Waals surface area contributed by atoms with Gasteiger partial charge in [-0.3, -0.25) is 4.79 Å². The Morgan fingerprint density at radius 2 is 2.00 bits per heavy atom. The quantitative estimate of drug-likeness (QED) is 0.789. The standard InChI is InChI=1S/C19H17Cl2NO3/c20-15-5-4-13(10-16(15)21)17-11-22(7-9-24-17)19(23)14-3-1-2-12-6-8-25-18(12)14/h1-5,10,17H,6-9,11H2. The van der Waals surface area contributed by atoms with Crippen LogP contribution in [-0.4, -0.2) is 37.1 Å². The van der Waals surface area contributed by atoms with Crippen LogP contribution in [0.3, 0.4) is 0 Å². The molecule has 1 amide bonds. The summed E-state index contributed by atoms with van der Waals surface area (Å²) in [6, 6.07) is 11.2. The Morgan fingerprint density at radius 3 is 2.84 bits per heavy atom. The highest BCUT2D eigenvalue weighted by Gasteiger charge is 2.29.